The van der Waals surface area contributed by atoms with Gasteiger partial charge in [0.25, 0.3) is 11.2 Å². The number of benzene rings is 4. The van der Waals surface area contributed by atoms with Gasteiger partial charge in [0, 0.05) is 41.6 Å². The van der Waals surface area contributed by atoms with E-state index in [1.807, 2.05) is 95.6 Å². The van der Waals surface area contributed by atoms with Crippen LogP contribution in [0.25, 0.3) is 11.4 Å². The molecule has 0 amide bonds. The Labute approximate surface area is 277 Å². The number of hydrogen-bond donors (Lipinski definition) is 0. The third kappa shape index (κ3) is 5.22. The number of anilines is 1. The van der Waals surface area contributed by atoms with Crippen molar-refractivity contribution in [3.8, 4) is 11.4 Å². The van der Waals surface area contributed by atoms with Crippen molar-refractivity contribution < 1.29 is 9.72 Å². The molecule has 2 heterocycles. The summed E-state index contributed by atoms with van der Waals surface area (Å²) in [6, 6.07) is 35.0. The molecule has 0 N–H and O–H groups in total. The van der Waals surface area contributed by atoms with E-state index >= 15 is 4.79 Å². The van der Waals surface area contributed by atoms with Gasteiger partial charge in [-0.1, -0.05) is 98.8 Å². The molecule has 1 atom stereocenters. The minimum Gasteiger partial charge on any atom is -0.326 e. The number of carbonyl (C=O) groups excluding carboxylic acids is 1. The number of Topliss-reactive ketones (excluding diaryl/α,β-unsaturated/α-hetero) is 1. The van der Waals surface area contributed by atoms with E-state index in [9.17, 15) is 14.9 Å². The van der Waals surface area contributed by atoms with Crippen LogP contribution in [0.2, 0.25) is 0 Å². The van der Waals surface area contributed by atoms with Crippen molar-refractivity contribution in [2.24, 2.45) is 5.41 Å². The Hall–Kier alpha value is -5.41. The monoisotopic (exact) mass is 640 g/mol. The quantitative estimate of drug-likeness (QED) is 0.106. The summed E-state index contributed by atoms with van der Waals surface area (Å²) in [6.07, 6.45) is 0.781. The largest absolute Gasteiger partial charge is 0.326 e. The summed E-state index contributed by atoms with van der Waals surface area (Å²) >= 11 is 6.19. The van der Waals surface area contributed by atoms with E-state index in [4.69, 9.17) is 12.2 Å². The molecule has 0 radical (unpaired) electrons. The molecule has 0 bridgehead atoms. The lowest BCUT2D eigenvalue weighted by Crippen LogP contribution is -2.44. The van der Waals surface area contributed by atoms with Crippen molar-refractivity contribution >= 4 is 29.5 Å². The fourth-order valence-corrected chi connectivity index (χ4v) is 7.42. The van der Waals surface area contributed by atoms with Gasteiger partial charge in [0.1, 0.15) is 5.82 Å². The molecule has 0 saturated carbocycles. The zero-order valence-corrected chi connectivity index (χ0v) is 26.8. The number of aromatic nitrogens is 2. The fourth-order valence-electron chi connectivity index (χ4n) is 7.03. The first-order chi connectivity index (χ1) is 22.7. The predicted octanol–water partition coefficient (Wildman–Crippen LogP) is 8.06. The fraction of sp³-hybridized carbons (Fsp3) is 0.184. The molecule has 1 aliphatic heterocycles. The van der Waals surface area contributed by atoms with Crippen molar-refractivity contribution in [2.75, 3.05) is 4.90 Å². The number of ketones is 1. The normalized spacial score (nSPS) is 16.9. The van der Waals surface area contributed by atoms with E-state index in [1.54, 1.807) is 18.2 Å². The van der Waals surface area contributed by atoms with Gasteiger partial charge in [0.15, 0.2) is 10.6 Å². The maximum Gasteiger partial charge on any atom is 0.273 e. The molecule has 8 nitrogen and oxygen atoms in total. The van der Waals surface area contributed by atoms with E-state index in [1.165, 1.54) is 10.6 Å². The van der Waals surface area contributed by atoms with Gasteiger partial charge < -0.3 is 4.90 Å². The van der Waals surface area contributed by atoms with Crippen LogP contribution in [0.1, 0.15) is 49.3 Å². The maximum absolute atomic E-state index is 15.1. The maximum atomic E-state index is 15.1. The van der Waals surface area contributed by atoms with E-state index in [0.717, 1.165) is 16.9 Å². The Morgan fingerprint density at radius 3 is 1.96 bits per heavy atom. The summed E-state index contributed by atoms with van der Waals surface area (Å²) in [5.41, 5.74) is 3.04. The molecule has 7 rings (SSSR count). The molecule has 0 saturated heterocycles. The van der Waals surface area contributed by atoms with Gasteiger partial charge in [-0.3, -0.25) is 28.8 Å². The van der Waals surface area contributed by atoms with Crippen LogP contribution in [-0.4, -0.2) is 19.8 Å². The van der Waals surface area contributed by atoms with Crippen molar-refractivity contribution in [2.45, 2.75) is 39.2 Å². The first-order valence-corrected chi connectivity index (χ1v) is 15.9. The molecular weight excluding hydrogens is 609 g/mol. The van der Waals surface area contributed by atoms with Crippen LogP contribution in [0.15, 0.2) is 131 Å². The standard InChI is InChI=1S/C38H32N4O4S/c1-38(2)22-30-33(31(43)23-38)32(28-20-12-13-21-29(28)42(45)46)34-35(39(30)24-25-14-6-3-7-15-25)40(26-16-8-4-9-17-26)37(47)41(36(34)44)27-18-10-5-11-19-27/h3-21,32H,22-24H2,1-2H3. The van der Waals surface area contributed by atoms with Crippen LogP contribution in [0.5, 0.6) is 0 Å². The molecule has 234 valence electrons. The second-order valence-corrected chi connectivity index (χ2v) is 13.2. The molecule has 4 aromatic carbocycles. The Morgan fingerprint density at radius 1 is 0.787 bits per heavy atom. The average Bonchev–Trinajstić information content (AvgIpc) is 3.06. The molecule has 47 heavy (non-hydrogen) atoms. The molecule has 2 aliphatic rings. The van der Waals surface area contributed by atoms with Crippen LogP contribution in [-0.2, 0) is 11.3 Å². The zero-order valence-electron chi connectivity index (χ0n) is 26.0. The van der Waals surface area contributed by atoms with Gasteiger partial charge in [-0.15, -0.1) is 0 Å². The average molecular weight is 641 g/mol. The molecule has 1 unspecified atom stereocenters. The molecule has 1 aliphatic carbocycles. The lowest BCUT2D eigenvalue weighted by molar-refractivity contribution is -0.385. The Bertz CT molecular complexity index is 2190. The van der Waals surface area contributed by atoms with Gasteiger partial charge in [0.05, 0.1) is 22.1 Å². The number of carbonyl (C=O) groups is 1. The summed E-state index contributed by atoms with van der Waals surface area (Å²) in [4.78, 5) is 43.7. The predicted molar refractivity (Wildman–Crippen MR) is 185 cm³/mol. The minimum atomic E-state index is -0.995. The molecule has 9 heteroatoms. The number of hydrogen-bond acceptors (Lipinski definition) is 6. The summed E-state index contributed by atoms with van der Waals surface area (Å²) in [5, 5.41) is 12.5. The van der Waals surface area contributed by atoms with E-state index in [-0.39, 0.29) is 33.6 Å². The third-order valence-corrected chi connectivity index (χ3v) is 9.35. The number of rotatable bonds is 6. The summed E-state index contributed by atoms with van der Waals surface area (Å²) in [7, 11) is 0. The first kappa shape index (κ1) is 30.3. The second-order valence-electron chi connectivity index (χ2n) is 12.8. The van der Waals surface area contributed by atoms with Gasteiger partial charge in [-0.25, -0.2) is 0 Å². The number of para-hydroxylation sites is 3. The van der Waals surface area contributed by atoms with Gasteiger partial charge >= 0.3 is 0 Å². The Balaban J connectivity index is 1.69. The number of fused-ring (bicyclic) bond motifs is 1. The third-order valence-electron chi connectivity index (χ3n) is 8.98. The number of nitro benzene ring substituents is 1. The molecule has 5 aromatic rings. The van der Waals surface area contributed by atoms with Crippen molar-refractivity contribution in [3.05, 3.63) is 168 Å². The summed E-state index contributed by atoms with van der Waals surface area (Å²) in [6.45, 7) is 4.47. The SMILES string of the molecule is CC1(C)CC(=O)C2=C(C1)N(Cc1ccccc1)c1c(c(=O)n(-c3ccccc3)c(=S)n1-c1ccccc1)C2c1ccccc1[N+](=O)[O-]. The van der Waals surface area contributed by atoms with Gasteiger partial charge in [-0.05, 0) is 53.9 Å². The number of nitro groups is 1. The lowest BCUT2D eigenvalue weighted by Gasteiger charge is -2.45. The van der Waals surface area contributed by atoms with Crippen molar-refractivity contribution in [1.29, 1.82) is 0 Å². The smallest absolute Gasteiger partial charge is 0.273 e. The highest BCUT2D eigenvalue weighted by molar-refractivity contribution is 7.71. The topological polar surface area (TPSA) is 90.4 Å². The van der Waals surface area contributed by atoms with Crippen LogP contribution in [0.4, 0.5) is 11.5 Å². The molecule has 1 aromatic heterocycles. The molecule has 0 spiro atoms. The van der Waals surface area contributed by atoms with E-state index in [0.29, 0.717) is 35.6 Å². The van der Waals surface area contributed by atoms with E-state index in [2.05, 4.69) is 18.7 Å². The van der Waals surface area contributed by atoms with Crippen molar-refractivity contribution in [1.82, 2.24) is 9.13 Å². The Morgan fingerprint density at radius 2 is 1.34 bits per heavy atom. The summed E-state index contributed by atoms with van der Waals surface area (Å²) in [5.74, 6) is -0.609. The Kier molecular flexibility index (Phi) is 7.56. The highest BCUT2D eigenvalue weighted by atomic mass is 32.1. The summed E-state index contributed by atoms with van der Waals surface area (Å²) < 4.78 is 3.61. The van der Waals surface area contributed by atoms with Crippen LogP contribution in [0, 0.1) is 20.3 Å². The first-order valence-electron chi connectivity index (χ1n) is 15.5. The zero-order chi connectivity index (χ0) is 32.9. The number of allylic oxidation sites excluding steroid dienone is 2. The van der Waals surface area contributed by atoms with Gasteiger partial charge in [-0.2, -0.15) is 0 Å². The minimum absolute atomic E-state index is 0.123. The highest BCUT2D eigenvalue weighted by Gasteiger charge is 2.47. The lowest BCUT2D eigenvalue weighted by atomic mass is 9.68. The molecular formula is C38H32N4O4S. The second kappa shape index (κ2) is 11.7. The van der Waals surface area contributed by atoms with E-state index < -0.39 is 16.4 Å². The highest BCUT2D eigenvalue weighted by Crippen LogP contribution is 2.52. The van der Waals surface area contributed by atoms with Crippen LogP contribution in [0.3, 0.4) is 0 Å². The van der Waals surface area contributed by atoms with Crippen molar-refractivity contribution in [3.63, 3.8) is 0 Å². The molecule has 0 fully saturated rings. The van der Waals surface area contributed by atoms with Gasteiger partial charge in [0.2, 0.25) is 0 Å². The van der Waals surface area contributed by atoms with Crippen LogP contribution < -0.4 is 10.5 Å². The number of nitrogens with zero attached hydrogens (tertiary/aromatic N) is 4. The van der Waals surface area contributed by atoms with Crippen LogP contribution >= 0.6 is 12.2 Å².